The van der Waals surface area contributed by atoms with Gasteiger partial charge in [-0.25, -0.2) is 4.79 Å². The molecule has 0 aromatic carbocycles. The number of hydrogen-bond donors (Lipinski definition) is 2. The van der Waals surface area contributed by atoms with Gasteiger partial charge in [0.2, 0.25) is 5.84 Å². The van der Waals surface area contributed by atoms with Gasteiger partial charge in [-0.3, -0.25) is 5.32 Å². The van der Waals surface area contributed by atoms with Gasteiger partial charge >= 0.3 is 6.03 Å². The van der Waals surface area contributed by atoms with Crippen molar-refractivity contribution < 1.29 is 22.5 Å². The van der Waals surface area contributed by atoms with Gasteiger partial charge in [0, 0.05) is 12.6 Å². The van der Waals surface area contributed by atoms with Crippen LogP contribution in [0.2, 0.25) is 0 Å². The summed E-state index contributed by atoms with van der Waals surface area (Å²) < 4.78 is 0. The topological polar surface area (TPSA) is 61.3 Å². The van der Waals surface area contributed by atoms with Gasteiger partial charge in [0.15, 0.2) is 0 Å². The fourth-order valence-corrected chi connectivity index (χ4v) is 5.18. The first kappa shape index (κ1) is 19.1. The molecule has 2 unspecified atom stereocenters. The molecule has 2 aliphatic carbocycles. The number of piperidine rings is 1. The maximum absolute atomic E-state index is 12.8. The van der Waals surface area contributed by atoms with E-state index in [0.29, 0.717) is 18.0 Å². The van der Waals surface area contributed by atoms with E-state index in [1.807, 2.05) is 0 Å². The van der Waals surface area contributed by atoms with E-state index in [2.05, 4.69) is 27.4 Å². The van der Waals surface area contributed by atoms with Crippen LogP contribution in [-0.2, 0) is 0 Å². The first-order valence-electron chi connectivity index (χ1n) is 10.2. The third-order valence-corrected chi connectivity index (χ3v) is 6.82. The molecule has 2 aliphatic heterocycles. The summed E-state index contributed by atoms with van der Waals surface area (Å²) in [5.74, 6) is 1.83. The average Bonchev–Trinajstić information content (AvgIpc) is 2.76. The zero-order valence-electron chi connectivity index (χ0n) is 15.5. The lowest BCUT2D eigenvalue weighted by Crippen LogP contribution is -3.00. The average molecular weight is 369 g/mol. The molecule has 0 aromatic heterocycles. The number of rotatable bonds is 3. The van der Waals surface area contributed by atoms with Crippen molar-refractivity contribution in [3.8, 4) is 0 Å². The molecule has 3 fully saturated rings. The monoisotopic (exact) mass is 368 g/mol. The number of halogens is 1. The van der Waals surface area contributed by atoms with E-state index < -0.39 is 0 Å². The van der Waals surface area contributed by atoms with Gasteiger partial charge in [-0.1, -0.05) is 12.8 Å². The van der Waals surface area contributed by atoms with Crippen molar-refractivity contribution in [2.75, 3.05) is 13.1 Å². The van der Waals surface area contributed by atoms with E-state index in [1.165, 1.54) is 51.4 Å². The van der Waals surface area contributed by atoms with Crippen molar-refractivity contribution in [3.63, 3.8) is 0 Å². The van der Waals surface area contributed by atoms with Crippen LogP contribution in [0.4, 0.5) is 4.79 Å². The SMILES string of the molecule is CC1CC2(CCN1)C([NH2+]C1CCCCC1)=NC(=O)N2CC1CCC1.[Cl-]. The normalized spacial score (nSPS) is 34.0. The van der Waals surface area contributed by atoms with Crippen molar-refractivity contribution in [2.24, 2.45) is 10.9 Å². The summed E-state index contributed by atoms with van der Waals surface area (Å²) in [5, 5.41) is 5.97. The number of carbonyl (C=O) groups excluding carboxylic acids is 1. The smallest absolute Gasteiger partial charge is 0.349 e. The lowest BCUT2D eigenvalue weighted by molar-refractivity contribution is -0.589. The van der Waals surface area contributed by atoms with Crippen LogP contribution < -0.4 is 23.0 Å². The predicted molar refractivity (Wildman–Crippen MR) is 95.1 cm³/mol. The molecule has 2 atom stereocenters. The molecule has 2 saturated carbocycles. The quantitative estimate of drug-likeness (QED) is 0.673. The summed E-state index contributed by atoms with van der Waals surface area (Å²) >= 11 is 0. The number of nitrogens with one attached hydrogen (secondary N) is 1. The van der Waals surface area contributed by atoms with E-state index in [0.717, 1.165) is 31.8 Å². The van der Waals surface area contributed by atoms with Crippen molar-refractivity contribution in [2.45, 2.75) is 88.8 Å². The third kappa shape index (κ3) is 3.74. The summed E-state index contributed by atoms with van der Waals surface area (Å²) in [6.07, 6.45) is 12.5. The fourth-order valence-electron chi connectivity index (χ4n) is 5.18. The number of carbonyl (C=O) groups is 1. The van der Waals surface area contributed by atoms with Gasteiger partial charge in [-0.15, -0.1) is 4.99 Å². The molecule has 0 bridgehead atoms. The molecule has 2 amide bonds. The Bertz CT molecular complexity index is 516. The van der Waals surface area contributed by atoms with Crippen molar-refractivity contribution in [1.29, 1.82) is 0 Å². The minimum absolute atomic E-state index is 0. The minimum atomic E-state index is -0.116. The predicted octanol–water partition coefficient (Wildman–Crippen LogP) is -0.969. The Morgan fingerprint density at radius 3 is 2.60 bits per heavy atom. The minimum Gasteiger partial charge on any atom is -1.00 e. The summed E-state index contributed by atoms with van der Waals surface area (Å²) in [7, 11) is 0. The van der Waals surface area contributed by atoms with Crippen LogP contribution in [-0.4, -0.2) is 47.5 Å². The van der Waals surface area contributed by atoms with Gasteiger partial charge in [0.05, 0.1) is 6.04 Å². The van der Waals surface area contributed by atoms with Gasteiger partial charge in [-0.2, -0.15) is 0 Å². The molecule has 6 heteroatoms. The van der Waals surface area contributed by atoms with Gasteiger partial charge in [0.1, 0.15) is 5.54 Å². The number of urea groups is 1. The maximum Gasteiger partial charge on any atom is 0.349 e. The van der Waals surface area contributed by atoms with Crippen LogP contribution in [0.15, 0.2) is 4.99 Å². The number of amidine groups is 1. The molecule has 3 N–H and O–H groups in total. The van der Waals surface area contributed by atoms with Crippen LogP contribution in [0.25, 0.3) is 0 Å². The molecule has 5 nitrogen and oxygen atoms in total. The lowest BCUT2D eigenvalue weighted by atomic mass is 9.79. The fraction of sp³-hybridized carbons (Fsp3) is 0.895. The number of hydrogen-bond acceptors (Lipinski definition) is 2. The molecule has 4 aliphatic rings. The van der Waals surface area contributed by atoms with Crippen LogP contribution in [0.3, 0.4) is 0 Å². The van der Waals surface area contributed by atoms with Gasteiger partial charge in [0.25, 0.3) is 0 Å². The second-order valence-electron chi connectivity index (χ2n) is 8.59. The summed E-state index contributed by atoms with van der Waals surface area (Å²) in [4.78, 5) is 19.6. The number of amides is 2. The Kier molecular flexibility index (Phi) is 6.07. The first-order chi connectivity index (χ1) is 11.7. The number of aliphatic imine (C=N–C) groups is 1. The zero-order chi connectivity index (χ0) is 16.6. The Morgan fingerprint density at radius 2 is 1.96 bits per heavy atom. The molecule has 1 saturated heterocycles. The molecule has 142 valence electrons. The number of quaternary nitrogens is 1. The standard InChI is InChI=1S/C19H32N4O.ClH/c1-14-12-19(10-11-20-14)17(21-16-8-3-2-4-9-16)22-18(24)23(19)13-15-6-5-7-15;/h14-16,20H,2-13H2,1H3,(H,21,22,24);1H. The Hall–Kier alpha value is -0.650. The summed E-state index contributed by atoms with van der Waals surface area (Å²) in [5.41, 5.74) is -0.116. The first-order valence-corrected chi connectivity index (χ1v) is 10.2. The highest BCUT2D eigenvalue weighted by molar-refractivity contribution is 6.02. The Labute approximate surface area is 157 Å². The molecular formula is C19H33ClN4O. The van der Waals surface area contributed by atoms with Crippen molar-refractivity contribution in [3.05, 3.63) is 0 Å². The van der Waals surface area contributed by atoms with Crippen LogP contribution >= 0.6 is 0 Å². The highest BCUT2D eigenvalue weighted by atomic mass is 35.5. The summed E-state index contributed by atoms with van der Waals surface area (Å²) in [6, 6.07) is 1.13. The number of nitrogens with zero attached hydrogens (tertiary/aromatic N) is 2. The van der Waals surface area contributed by atoms with Gasteiger partial charge < -0.3 is 22.6 Å². The molecule has 0 radical (unpaired) electrons. The Morgan fingerprint density at radius 1 is 1.20 bits per heavy atom. The van der Waals surface area contributed by atoms with E-state index in [9.17, 15) is 4.79 Å². The second kappa shape index (κ2) is 7.93. The highest BCUT2D eigenvalue weighted by Gasteiger charge is 2.55. The summed E-state index contributed by atoms with van der Waals surface area (Å²) in [6.45, 7) is 4.17. The Balaban J connectivity index is 0.00000182. The van der Waals surface area contributed by atoms with Gasteiger partial charge in [-0.05, 0) is 70.8 Å². The van der Waals surface area contributed by atoms with E-state index in [1.54, 1.807) is 0 Å². The second-order valence-corrected chi connectivity index (χ2v) is 8.59. The van der Waals surface area contributed by atoms with E-state index in [4.69, 9.17) is 0 Å². The van der Waals surface area contributed by atoms with Crippen molar-refractivity contribution >= 4 is 11.9 Å². The van der Waals surface area contributed by atoms with E-state index >= 15 is 0 Å². The highest BCUT2D eigenvalue weighted by Crippen LogP contribution is 2.37. The molecule has 4 rings (SSSR count). The maximum atomic E-state index is 12.8. The molecule has 0 aromatic rings. The lowest BCUT2D eigenvalue weighted by Gasteiger charge is -2.45. The number of nitrogens with two attached hydrogens (primary N) is 1. The van der Waals surface area contributed by atoms with Crippen molar-refractivity contribution in [1.82, 2.24) is 10.2 Å². The molecule has 25 heavy (non-hydrogen) atoms. The zero-order valence-corrected chi connectivity index (χ0v) is 16.2. The molecule has 1 spiro atoms. The van der Waals surface area contributed by atoms with E-state index in [-0.39, 0.29) is 24.0 Å². The molecular weight excluding hydrogens is 336 g/mol. The van der Waals surface area contributed by atoms with Crippen LogP contribution in [0.1, 0.15) is 71.1 Å². The molecule has 2 heterocycles. The third-order valence-electron chi connectivity index (χ3n) is 6.82. The largest absolute Gasteiger partial charge is 1.00 e. The van der Waals surface area contributed by atoms with Crippen LogP contribution in [0.5, 0.6) is 0 Å². The van der Waals surface area contributed by atoms with Crippen LogP contribution in [0, 0.1) is 5.92 Å².